The molecule has 0 saturated heterocycles. The monoisotopic (exact) mass is 296 g/mol. The van der Waals surface area contributed by atoms with Crippen LogP contribution in [0.15, 0.2) is 40.3 Å². The van der Waals surface area contributed by atoms with Crippen LogP contribution >= 0.6 is 11.8 Å². The third kappa shape index (κ3) is 3.39. The SMILES string of the molecule is CCNc1nc(Sc2ccc(OC)cc2)c(F)cc1F. The van der Waals surface area contributed by atoms with Crippen LogP contribution in [0.1, 0.15) is 6.92 Å². The first-order chi connectivity index (χ1) is 9.63. The summed E-state index contributed by atoms with van der Waals surface area (Å²) < 4.78 is 32.2. The molecule has 0 amide bonds. The van der Waals surface area contributed by atoms with Crippen LogP contribution < -0.4 is 10.1 Å². The Bertz CT molecular complexity index is 590. The molecule has 0 unspecified atom stereocenters. The van der Waals surface area contributed by atoms with Crippen LogP contribution in [0.3, 0.4) is 0 Å². The highest BCUT2D eigenvalue weighted by Gasteiger charge is 2.12. The molecule has 0 saturated carbocycles. The van der Waals surface area contributed by atoms with Gasteiger partial charge in [0.25, 0.3) is 0 Å². The number of halogens is 2. The molecular formula is C14H14F2N2OS. The van der Waals surface area contributed by atoms with E-state index < -0.39 is 11.6 Å². The van der Waals surface area contributed by atoms with Crippen LogP contribution in [0.5, 0.6) is 5.75 Å². The van der Waals surface area contributed by atoms with Gasteiger partial charge in [0.15, 0.2) is 17.5 Å². The van der Waals surface area contributed by atoms with Crippen molar-refractivity contribution in [2.45, 2.75) is 16.8 Å². The highest BCUT2D eigenvalue weighted by Crippen LogP contribution is 2.31. The molecule has 20 heavy (non-hydrogen) atoms. The zero-order valence-electron chi connectivity index (χ0n) is 11.1. The molecule has 0 fully saturated rings. The average Bonchev–Trinajstić information content (AvgIpc) is 2.45. The lowest BCUT2D eigenvalue weighted by atomic mass is 10.3. The number of hydrogen-bond acceptors (Lipinski definition) is 4. The molecule has 1 heterocycles. The predicted molar refractivity (Wildman–Crippen MR) is 75.4 cm³/mol. The van der Waals surface area contributed by atoms with Gasteiger partial charge >= 0.3 is 0 Å². The van der Waals surface area contributed by atoms with Crippen LogP contribution in [-0.4, -0.2) is 18.6 Å². The van der Waals surface area contributed by atoms with E-state index in [4.69, 9.17) is 4.74 Å². The van der Waals surface area contributed by atoms with Gasteiger partial charge in [-0.2, -0.15) is 0 Å². The normalized spacial score (nSPS) is 10.4. The van der Waals surface area contributed by atoms with E-state index in [2.05, 4.69) is 10.3 Å². The van der Waals surface area contributed by atoms with Gasteiger partial charge in [-0.1, -0.05) is 11.8 Å². The molecule has 6 heteroatoms. The Balaban J connectivity index is 2.25. The summed E-state index contributed by atoms with van der Waals surface area (Å²) in [5, 5.41) is 2.89. The second-order valence-corrected chi connectivity index (χ2v) is 4.98. The number of nitrogens with one attached hydrogen (secondary N) is 1. The van der Waals surface area contributed by atoms with Gasteiger partial charge in [0, 0.05) is 17.5 Å². The number of methoxy groups -OCH3 is 1. The topological polar surface area (TPSA) is 34.2 Å². The van der Waals surface area contributed by atoms with Gasteiger partial charge in [0.2, 0.25) is 0 Å². The number of hydrogen-bond donors (Lipinski definition) is 1. The van der Waals surface area contributed by atoms with Crippen LogP contribution in [0.4, 0.5) is 14.6 Å². The molecule has 1 aromatic heterocycles. The minimum Gasteiger partial charge on any atom is -0.497 e. The minimum absolute atomic E-state index is 0.0601. The lowest BCUT2D eigenvalue weighted by molar-refractivity contribution is 0.414. The van der Waals surface area contributed by atoms with Gasteiger partial charge in [0.05, 0.1) is 7.11 Å². The molecule has 0 aliphatic heterocycles. The Labute approximate surface area is 120 Å². The summed E-state index contributed by atoms with van der Waals surface area (Å²) >= 11 is 1.13. The standard InChI is InChI=1S/C14H14F2N2OS/c1-3-17-13-11(15)8-12(16)14(18-13)20-10-6-4-9(19-2)5-7-10/h4-8H,3H2,1-2H3,(H,17,18). The molecule has 1 aromatic carbocycles. The smallest absolute Gasteiger partial charge is 0.168 e. The Morgan fingerprint density at radius 1 is 1.20 bits per heavy atom. The van der Waals surface area contributed by atoms with E-state index in [1.165, 1.54) is 0 Å². The number of pyridine rings is 1. The van der Waals surface area contributed by atoms with Gasteiger partial charge in [-0.3, -0.25) is 0 Å². The quantitative estimate of drug-likeness (QED) is 0.906. The Morgan fingerprint density at radius 2 is 1.90 bits per heavy atom. The van der Waals surface area contributed by atoms with Gasteiger partial charge < -0.3 is 10.1 Å². The third-order valence-electron chi connectivity index (χ3n) is 2.52. The van der Waals surface area contributed by atoms with Crippen LogP contribution in [0, 0.1) is 11.6 Å². The first kappa shape index (κ1) is 14.6. The first-order valence-electron chi connectivity index (χ1n) is 6.06. The number of benzene rings is 1. The molecule has 0 aliphatic rings. The fourth-order valence-electron chi connectivity index (χ4n) is 1.57. The van der Waals surface area contributed by atoms with E-state index in [0.717, 1.165) is 28.5 Å². The summed E-state index contributed by atoms with van der Waals surface area (Å²) in [6.45, 7) is 2.34. The maximum atomic E-state index is 13.7. The van der Waals surface area contributed by atoms with Crippen molar-refractivity contribution in [1.82, 2.24) is 4.98 Å². The second kappa shape index (κ2) is 6.56. The molecule has 0 bridgehead atoms. The average molecular weight is 296 g/mol. The molecule has 0 radical (unpaired) electrons. The van der Waals surface area contributed by atoms with E-state index >= 15 is 0 Å². The van der Waals surface area contributed by atoms with Crippen LogP contribution in [-0.2, 0) is 0 Å². The predicted octanol–water partition coefficient (Wildman–Crippen LogP) is 3.95. The van der Waals surface area contributed by atoms with Gasteiger partial charge in [-0.15, -0.1) is 0 Å². The summed E-state index contributed by atoms with van der Waals surface area (Å²) in [6.07, 6.45) is 0. The molecular weight excluding hydrogens is 282 g/mol. The number of anilines is 1. The molecule has 0 spiro atoms. The molecule has 1 N–H and O–H groups in total. The number of aromatic nitrogens is 1. The highest BCUT2D eigenvalue weighted by molar-refractivity contribution is 7.99. The lowest BCUT2D eigenvalue weighted by Crippen LogP contribution is -2.04. The fraction of sp³-hybridized carbons (Fsp3) is 0.214. The molecule has 0 atom stereocenters. The Hall–Kier alpha value is -1.82. The molecule has 106 valence electrons. The zero-order chi connectivity index (χ0) is 14.5. The summed E-state index contributed by atoms with van der Waals surface area (Å²) in [5.41, 5.74) is 0. The molecule has 2 rings (SSSR count). The van der Waals surface area contributed by atoms with Crippen molar-refractivity contribution < 1.29 is 13.5 Å². The molecule has 2 aromatic rings. The van der Waals surface area contributed by atoms with Gasteiger partial charge in [-0.25, -0.2) is 13.8 Å². The van der Waals surface area contributed by atoms with Crippen molar-refractivity contribution in [2.75, 3.05) is 19.0 Å². The highest BCUT2D eigenvalue weighted by atomic mass is 32.2. The first-order valence-corrected chi connectivity index (χ1v) is 6.87. The number of ether oxygens (including phenoxy) is 1. The maximum Gasteiger partial charge on any atom is 0.168 e. The fourth-order valence-corrected chi connectivity index (χ4v) is 2.36. The molecule has 3 nitrogen and oxygen atoms in total. The summed E-state index contributed by atoms with van der Waals surface area (Å²) in [6, 6.07) is 7.97. The van der Waals surface area contributed by atoms with Gasteiger partial charge in [0.1, 0.15) is 10.8 Å². The number of rotatable bonds is 5. The van der Waals surface area contributed by atoms with Crippen molar-refractivity contribution in [1.29, 1.82) is 0 Å². The van der Waals surface area contributed by atoms with E-state index in [0.29, 0.717) is 6.54 Å². The van der Waals surface area contributed by atoms with Crippen molar-refractivity contribution >= 4 is 17.6 Å². The van der Waals surface area contributed by atoms with Crippen LogP contribution in [0.2, 0.25) is 0 Å². The van der Waals surface area contributed by atoms with E-state index in [1.54, 1.807) is 31.4 Å². The number of nitrogens with zero attached hydrogens (tertiary/aromatic N) is 1. The lowest BCUT2D eigenvalue weighted by Gasteiger charge is -2.08. The van der Waals surface area contributed by atoms with Crippen molar-refractivity contribution in [2.24, 2.45) is 0 Å². The molecule has 0 aliphatic carbocycles. The van der Waals surface area contributed by atoms with Crippen LogP contribution in [0.25, 0.3) is 0 Å². The van der Waals surface area contributed by atoms with Crippen molar-refractivity contribution in [3.8, 4) is 5.75 Å². The second-order valence-electron chi connectivity index (χ2n) is 3.91. The largest absolute Gasteiger partial charge is 0.497 e. The van der Waals surface area contributed by atoms with Crippen molar-refractivity contribution in [3.05, 3.63) is 42.0 Å². The maximum absolute atomic E-state index is 13.7. The third-order valence-corrected chi connectivity index (χ3v) is 3.50. The summed E-state index contributed by atoms with van der Waals surface area (Å²) in [4.78, 5) is 4.77. The van der Waals surface area contributed by atoms with Gasteiger partial charge in [-0.05, 0) is 31.2 Å². The summed E-state index contributed by atoms with van der Waals surface area (Å²) in [5.74, 6) is -0.589. The Kier molecular flexibility index (Phi) is 4.79. The van der Waals surface area contributed by atoms with E-state index in [1.807, 2.05) is 6.92 Å². The minimum atomic E-state index is -0.691. The van der Waals surface area contributed by atoms with E-state index in [-0.39, 0.29) is 10.8 Å². The van der Waals surface area contributed by atoms with Crippen molar-refractivity contribution in [3.63, 3.8) is 0 Å². The van der Waals surface area contributed by atoms with E-state index in [9.17, 15) is 8.78 Å². The summed E-state index contributed by atoms with van der Waals surface area (Å²) in [7, 11) is 1.58. The Morgan fingerprint density at radius 3 is 2.50 bits per heavy atom. The zero-order valence-corrected chi connectivity index (χ0v) is 11.9.